The molecule has 3 amide bonds. The summed E-state index contributed by atoms with van der Waals surface area (Å²) in [6.07, 6.45) is 1.40. The molecule has 1 aromatic heterocycles. The number of carbonyl (C=O) groups excluding carboxylic acids is 3. The average Bonchev–Trinajstić information content (AvgIpc) is 3.25. The molecule has 0 saturated carbocycles. The highest BCUT2D eigenvalue weighted by Crippen LogP contribution is 2.27. The van der Waals surface area contributed by atoms with E-state index < -0.39 is 11.9 Å². The summed E-state index contributed by atoms with van der Waals surface area (Å²) in [5, 5.41) is 8.62. The van der Waals surface area contributed by atoms with Crippen LogP contribution in [0, 0.1) is 0 Å². The fraction of sp³-hybridized carbons (Fsp3) is 0.136. The largest absolute Gasteiger partial charge is 0.459 e. The van der Waals surface area contributed by atoms with Gasteiger partial charge in [-0.05, 0) is 35.9 Å². The number of benzene rings is 2. The Morgan fingerprint density at radius 2 is 1.73 bits per heavy atom. The molecule has 0 bridgehead atoms. The van der Waals surface area contributed by atoms with Crippen LogP contribution in [-0.4, -0.2) is 17.7 Å². The molecule has 1 heterocycles. The van der Waals surface area contributed by atoms with Crippen molar-refractivity contribution in [2.45, 2.75) is 19.4 Å². The van der Waals surface area contributed by atoms with E-state index in [1.54, 1.807) is 18.2 Å². The molecule has 0 aliphatic carbocycles. The van der Waals surface area contributed by atoms with Crippen LogP contribution in [0.3, 0.4) is 0 Å². The minimum atomic E-state index is -0.489. The average molecular weight is 426 g/mol. The maximum absolute atomic E-state index is 12.7. The quantitative estimate of drug-likeness (QED) is 0.522. The van der Waals surface area contributed by atoms with Crippen molar-refractivity contribution >= 4 is 40.7 Å². The van der Waals surface area contributed by atoms with Gasteiger partial charge >= 0.3 is 0 Å². The van der Waals surface area contributed by atoms with Gasteiger partial charge in [0.15, 0.2) is 5.76 Å². The highest BCUT2D eigenvalue weighted by Gasteiger charge is 2.19. The van der Waals surface area contributed by atoms with E-state index in [9.17, 15) is 14.4 Å². The molecule has 3 N–H and O–H groups in total. The monoisotopic (exact) mass is 425 g/mol. The lowest BCUT2D eigenvalue weighted by Gasteiger charge is -2.19. The summed E-state index contributed by atoms with van der Waals surface area (Å²) in [5.74, 6) is -0.928. The van der Waals surface area contributed by atoms with Crippen LogP contribution in [0.2, 0.25) is 5.02 Å². The highest BCUT2D eigenvalue weighted by atomic mass is 35.5. The predicted octanol–water partition coefficient (Wildman–Crippen LogP) is 4.39. The predicted molar refractivity (Wildman–Crippen MR) is 114 cm³/mol. The van der Waals surface area contributed by atoms with Crippen LogP contribution in [0.25, 0.3) is 0 Å². The molecule has 8 heteroatoms. The fourth-order valence-electron chi connectivity index (χ4n) is 2.89. The topological polar surface area (TPSA) is 100 Å². The van der Waals surface area contributed by atoms with Crippen molar-refractivity contribution in [1.82, 2.24) is 5.32 Å². The number of hydrogen-bond donors (Lipinski definition) is 3. The minimum Gasteiger partial charge on any atom is -0.459 e. The number of furan rings is 1. The van der Waals surface area contributed by atoms with Crippen molar-refractivity contribution in [1.29, 1.82) is 0 Å². The van der Waals surface area contributed by atoms with Gasteiger partial charge in [-0.2, -0.15) is 0 Å². The molecule has 0 fully saturated rings. The number of halogens is 1. The Labute approximate surface area is 178 Å². The molecule has 7 nitrogen and oxygen atoms in total. The molecule has 1 atom stereocenters. The number of anilines is 2. The molecule has 0 aliphatic rings. The van der Waals surface area contributed by atoms with E-state index in [0.717, 1.165) is 5.56 Å². The lowest BCUT2D eigenvalue weighted by Crippen LogP contribution is -2.30. The van der Waals surface area contributed by atoms with Crippen LogP contribution in [0.5, 0.6) is 0 Å². The molecule has 3 aromatic rings. The molecule has 154 valence electrons. The van der Waals surface area contributed by atoms with Gasteiger partial charge in [0.1, 0.15) is 0 Å². The molecule has 0 aliphatic heterocycles. The number of rotatable bonds is 7. The standard InChI is InChI=1S/C22H20ClN3O4/c1-14(27)24-18(15-6-3-2-4-7-15)13-21(28)25-17-10-9-16(23)12-19(17)26-22(29)20-8-5-11-30-20/h2-12,18H,13H2,1H3,(H,24,27)(H,25,28)(H,26,29). The van der Waals surface area contributed by atoms with Crippen molar-refractivity contribution in [2.24, 2.45) is 0 Å². The molecule has 30 heavy (non-hydrogen) atoms. The van der Waals surface area contributed by atoms with Gasteiger partial charge in [-0.25, -0.2) is 0 Å². The van der Waals surface area contributed by atoms with Gasteiger partial charge in [-0.15, -0.1) is 0 Å². The Balaban J connectivity index is 1.75. The first-order valence-corrected chi connectivity index (χ1v) is 9.56. The van der Waals surface area contributed by atoms with E-state index >= 15 is 0 Å². The second kappa shape index (κ2) is 9.76. The molecule has 1 unspecified atom stereocenters. The molecule has 0 radical (unpaired) electrons. The van der Waals surface area contributed by atoms with E-state index in [0.29, 0.717) is 16.4 Å². The van der Waals surface area contributed by atoms with E-state index in [4.69, 9.17) is 16.0 Å². The first-order valence-electron chi connectivity index (χ1n) is 9.18. The van der Waals surface area contributed by atoms with E-state index in [1.807, 2.05) is 30.3 Å². The normalized spacial score (nSPS) is 11.4. The molecule has 0 spiro atoms. The van der Waals surface area contributed by atoms with Gasteiger partial charge in [0, 0.05) is 11.9 Å². The van der Waals surface area contributed by atoms with Gasteiger partial charge in [0.25, 0.3) is 5.91 Å². The summed E-state index contributed by atoms with van der Waals surface area (Å²) >= 11 is 6.05. The number of carbonyl (C=O) groups is 3. The fourth-order valence-corrected chi connectivity index (χ4v) is 3.06. The first kappa shape index (κ1) is 21.1. The summed E-state index contributed by atoms with van der Waals surface area (Å²) in [4.78, 5) is 36.6. The zero-order valence-corrected chi connectivity index (χ0v) is 16.9. The third-order valence-corrected chi connectivity index (χ3v) is 4.45. The van der Waals surface area contributed by atoms with E-state index in [2.05, 4.69) is 16.0 Å². The van der Waals surface area contributed by atoms with Gasteiger partial charge in [0.05, 0.1) is 30.1 Å². The van der Waals surface area contributed by atoms with Gasteiger partial charge in [-0.1, -0.05) is 41.9 Å². The first-order chi connectivity index (χ1) is 14.4. The summed E-state index contributed by atoms with van der Waals surface area (Å²) in [6.45, 7) is 1.40. The SMILES string of the molecule is CC(=O)NC(CC(=O)Nc1ccc(Cl)cc1NC(=O)c1ccco1)c1ccccc1. The zero-order chi connectivity index (χ0) is 21.5. The lowest BCUT2D eigenvalue weighted by atomic mass is 10.0. The second-order valence-electron chi connectivity index (χ2n) is 6.54. The van der Waals surface area contributed by atoms with Crippen LogP contribution >= 0.6 is 11.6 Å². The van der Waals surface area contributed by atoms with Crippen LogP contribution in [-0.2, 0) is 9.59 Å². The van der Waals surface area contributed by atoms with Crippen molar-refractivity contribution in [3.8, 4) is 0 Å². The smallest absolute Gasteiger partial charge is 0.291 e. The number of amides is 3. The van der Waals surface area contributed by atoms with Crippen LogP contribution in [0.1, 0.15) is 35.5 Å². The Bertz CT molecular complexity index is 1040. The third-order valence-electron chi connectivity index (χ3n) is 4.22. The maximum atomic E-state index is 12.7. The van der Waals surface area contributed by atoms with Gasteiger partial charge in [-0.3, -0.25) is 14.4 Å². The summed E-state index contributed by atoms with van der Waals surface area (Å²) in [7, 11) is 0. The summed E-state index contributed by atoms with van der Waals surface area (Å²) in [5.41, 5.74) is 1.51. The molecule has 0 saturated heterocycles. The number of nitrogens with one attached hydrogen (secondary N) is 3. The second-order valence-corrected chi connectivity index (χ2v) is 6.97. The molecular weight excluding hydrogens is 406 g/mol. The van der Waals surface area contributed by atoms with Crippen molar-refractivity contribution < 1.29 is 18.8 Å². The third kappa shape index (κ3) is 5.71. The van der Waals surface area contributed by atoms with E-state index in [1.165, 1.54) is 25.3 Å². The minimum absolute atomic E-state index is 0.0117. The van der Waals surface area contributed by atoms with Gasteiger partial charge in [0.2, 0.25) is 11.8 Å². The zero-order valence-electron chi connectivity index (χ0n) is 16.1. The Morgan fingerprint density at radius 1 is 0.967 bits per heavy atom. The Morgan fingerprint density at radius 3 is 2.40 bits per heavy atom. The summed E-state index contributed by atoms with van der Waals surface area (Å²) < 4.78 is 5.08. The Kier molecular flexibility index (Phi) is 6.87. The van der Waals surface area contributed by atoms with Crippen molar-refractivity contribution in [3.63, 3.8) is 0 Å². The molecule has 3 rings (SSSR count). The van der Waals surface area contributed by atoms with Crippen LogP contribution in [0.4, 0.5) is 11.4 Å². The van der Waals surface area contributed by atoms with Gasteiger partial charge < -0.3 is 20.4 Å². The molecular formula is C22H20ClN3O4. The summed E-state index contributed by atoms with van der Waals surface area (Å²) in [6, 6.07) is 16.6. The molecule has 2 aromatic carbocycles. The lowest BCUT2D eigenvalue weighted by molar-refractivity contribution is -0.120. The van der Waals surface area contributed by atoms with Crippen molar-refractivity contribution in [2.75, 3.05) is 10.6 Å². The van der Waals surface area contributed by atoms with E-state index in [-0.39, 0.29) is 24.0 Å². The Hall–Kier alpha value is -3.58. The maximum Gasteiger partial charge on any atom is 0.291 e. The van der Waals surface area contributed by atoms with Crippen molar-refractivity contribution in [3.05, 3.63) is 83.3 Å². The number of hydrogen-bond acceptors (Lipinski definition) is 4. The highest BCUT2D eigenvalue weighted by molar-refractivity contribution is 6.31. The van der Waals surface area contributed by atoms with Crippen LogP contribution < -0.4 is 16.0 Å². The van der Waals surface area contributed by atoms with Crippen LogP contribution in [0.15, 0.2) is 71.3 Å².